The highest BCUT2D eigenvalue weighted by Gasteiger charge is 2.49. The van der Waals surface area contributed by atoms with E-state index < -0.39 is 17.7 Å². The SMILES string of the molecule is C=C(C)C(=O)OCCOC(O)C(C)(CC(C)(CC)CC)C(C)(C)CC. The molecule has 0 radical (unpaired) electrons. The zero-order valence-corrected chi connectivity index (χ0v) is 17.7. The average molecular weight is 357 g/mol. The summed E-state index contributed by atoms with van der Waals surface area (Å²) in [7, 11) is 0. The monoisotopic (exact) mass is 356 g/mol. The van der Waals surface area contributed by atoms with Crippen LogP contribution < -0.4 is 0 Å². The van der Waals surface area contributed by atoms with Gasteiger partial charge in [-0.3, -0.25) is 0 Å². The van der Waals surface area contributed by atoms with Gasteiger partial charge in [0, 0.05) is 11.0 Å². The van der Waals surface area contributed by atoms with Gasteiger partial charge in [-0.25, -0.2) is 4.79 Å². The van der Waals surface area contributed by atoms with Gasteiger partial charge in [-0.2, -0.15) is 0 Å². The summed E-state index contributed by atoms with van der Waals surface area (Å²) < 4.78 is 10.8. The number of carbonyl (C=O) groups is 1. The lowest BCUT2D eigenvalue weighted by Crippen LogP contribution is -2.49. The van der Waals surface area contributed by atoms with Gasteiger partial charge < -0.3 is 14.6 Å². The molecule has 0 saturated carbocycles. The van der Waals surface area contributed by atoms with Crippen molar-refractivity contribution < 1.29 is 19.4 Å². The molecule has 0 aromatic rings. The molecule has 148 valence electrons. The van der Waals surface area contributed by atoms with Crippen molar-refractivity contribution in [1.29, 1.82) is 0 Å². The number of rotatable bonds is 12. The molecule has 0 aliphatic carbocycles. The minimum absolute atomic E-state index is 0.0909. The molecule has 4 heteroatoms. The van der Waals surface area contributed by atoms with Gasteiger partial charge in [-0.1, -0.05) is 74.3 Å². The van der Waals surface area contributed by atoms with Crippen LogP contribution in [0.4, 0.5) is 0 Å². The first-order valence-corrected chi connectivity index (χ1v) is 9.51. The first-order chi connectivity index (χ1) is 11.4. The molecular formula is C21H40O4. The van der Waals surface area contributed by atoms with E-state index in [1.165, 1.54) is 0 Å². The zero-order valence-electron chi connectivity index (χ0n) is 17.7. The first-order valence-electron chi connectivity index (χ1n) is 9.51. The molecule has 0 aromatic carbocycles. The van der Waals surface area contributed by atoms with Crippen molar-refractivity contribution in [2.75, 3.05) is 13.2 Å². The fourth-order valence-corrected chi connectivity index (χ4v) is 3.05. The van der Waals surface area contributed by atoms with Crippen molar-refractivity contribution in [2.24, 2.45) is 16.2 Å². The van der Waals surface area contributed by atoms with Gasteiger partial charge in [0.1, 0.15) is 6.61 Å². The number of aliphatic hydroxyl groups is 1. The summed E-state index contributed by atoms with van der Waals surface area (Å²) in [5, 5.41) is 10.9. The molecule has 0 aliphatic rings. The van der Waals surface area contributed by atoms with Crippen molar-refractivity contribution in [3.63, 3.8) is 0 Å². The Morgan fingerprint density at radius 3 is 1.96 bits per heavy atom. The van der Waals surface area contributed by atoms with Crippen LogP contribution in [0.15, 0.2) is 12.2 Å². The normalized spacial score (nSPS) is 16.2. The van der Waals surface area contributed by atoms with Gasteiger partial charge in [0.05, 0.1) is 6.61 Å². The van der Waals surface area contributed by atoms with Gasteiger partial charge in [0.25, 0.3) is 0 Å². The molecule has 2 unspecified atom stereocenters. The highest BCUT2D eigenvalue weighted by molar-refractivity contribution is 5.86. The van der Waals surface area contributed by atoms with Crippen LogP contribution in [0.5, 0.6) is 0 Å². The maximum atomic E-state index is 11.4. The number of carbonyl (C=O) groups excluding carboxylic acids is 1. The fourth-order valence-electron chi connectivity index (χ4n) is 3.05. The Morgan fingerprint density at radius 1 is 1.04 bits per heavy atom. The summed E-state index contributed by atoms with van der Waals surface area (Å²) in [6.45, 7) is 20.8. The van der Waals surface area contributed by atoms with Gasteiger partial charge in [0.15, 0.2) is 6.29 Å². The van der Waals surface area contributed by atoms with Crippen LogP contribution in [0.1, 0.15) is 81.1 Å². The second-order valence-corrected chi connectivity index (χ2v) is 8.49. The van der Waals surface area contributed by atoms with Gasteiger partial charge in [0.2, 0.25) is 0 Å². The van der Waals surface area contributed by atoms with E-state index >= 15 is 0 Å². The maximum absolute atomic E-state index is 11.4. The van der Waals surface area contributed by atoms with E-state index in [4.69, 9.17) is 9.47 Å². The van der Waals surface area contributed by atoms with Crippen LogP contribution in [0.3, 0.4) is 0 Å². The minimum Gasteiger partial charge on any atom is -0.460 e. The third-order valence-corrected chi connectivity index (χ3v) is 6.42. The van der Waals surface area contributed by atoms with E-state index in [1.807, 2.05) is 0 Å². The van der Waals surface area contributed by atoms with Crippen LogP contribution in [-0.4, -0.2) is 30.6 Å². The molecule has 0 bridgehead atoms. The maximum Gasteiger partial charge on any atom is 0.333 e. The summed E-state index contributed by atoms with van der Waals surface area (Å²) in [5.41, 5.74) is 0.0183. The summed E-state index contributed by atoms with van der Waals surface area (Å²) in [5.74, 6) is -0.431. The largest absolute Gasteiger partial charge is 0.460 e. The lowest BCUT2D eigenvalue weighted by atomic mass is 9.57. The molecular weight excluding hydrogens is 316 g/mol. The van der Waals surface area contributed by atoms with E-state index in [0.717, 1.165) is 25.7 Å². The Labute approximate surface area is 155 Å². The average Bonchev–Trinajstić information content (AvgIpc) is 2.57. The molecule has 25 heavy (non-hydrogen) atoms. The number of hydrogen-bond donors (Lipinski definition) is 1. The second kappa shape index (κ2) is 9.72. The van der Waals surface area contributed by atoms with Crippen LogP contribution in [0.25, 0.3) is 0 Å². The predicted octanol–water partition coefficient (Wildman–Crippen LogP) is 5.10. The van der Waals surface area contributed by atoms with Gasteiger partial charge in [-0.15, -0.1) is 0 Å². The zero-order chi connectivity index (χ0) is 19.9. The van der Waals surface area contributed by atoms with Crippen LogP contribution in [-0.2, 0) is 14.3 Å². The molecule has 0 rings (SSSR count). The standard InChI is InChI=1S/C21H40O4/c1-10-19(6,7)21(9,15-20(8,11-2)12-3)18(23)25-14-13-24-17(22)16(4)5/h18,23H,4,10-15H2,1-3,5-9H3. The van der Waals surface area contributed by atoms with Crippen LogP contribution in [0.2, 0.25) is 0 Å². The Balaban J connectivity index is 5.10. The molecule has 0 aliphatic heterocycles. The molecule has 0 heterocycles. The first kappa shape index (κ1) is 24.1. The smallest absolute Gasteiger partial charge is 0.333 e. The lowest BCUT2D eigenvalue weighted by molar-refractivity contribution is -0.221. The predicted molar refractivity (Wildman–Crippen MR) is 103 cm³/mol. The summed E-state index contributed by atoms with van der Waals surface area (Å²) >= 11 is 0. The number of ether oxygens (including phenoxy) is 2. The summed E-state index contributed by atoms with van der Waals surface area (Å²) in [6.07, 6.45) is 3.02. The summed E-state index contributed by atoms with van der Waals surface area (Å²) in [6, 6.07) is 0. The lowest BCUT2D eigenvalue weighted by Gasteiger charge is -2.50. The molecule has 0 fully saturated rings. The molecule has 0 saturated heterocycles. The Bertz CT molecular complexity index is 437. The molecule has 1 N–H and O–H groups in total. The quantitative estimate of drug-likeness (QED) is 0.229. The van der Waals surface area contributed by atoms with Crippen molar-refractivity contribution >= 4 is 5.97 Å². The molecule has 0 spiro atoms. The number of hydrogen-bond acceptors (Lipinski definition) is 4. The van der Waals surface area contributed by atoms with Crippen LogP contribution >= 0.6 is 0 Å². The van der Waals surface area contributed by atoms with E-state index in [-0.39, 0.29) is 24.0 Å². The fraction of sp³-hybridized carbons (Fsp3) is 0.857. The Kier molecular flexibility index (Phi) is 9.39. The van der Waals surface area contributed by atoms with Gasteiger partial charge >= 0.3 is 5.97 Å². The van der Waals surface area contributed by atoms with Crippen molar-refractivity contribution in [1.82, 2.24) is 0 Å². The molecule has 4 nitrogen and oxygen atoms in total. The minimum atomic E-state index is -0.914. The Hall–Kier alpha value is -0.870. The molecule has 0 aromatic heterocycles. The van der Waals surface area contributed by atoms with E-state index in [1.54, 1.807) is 6.92 Å². The van der Waals surface area contributed by atoms with Gasteiger partial charge in [-0.05, 0) is 24.2 Å². The Morgan fingerprint density at radius 2 is 1.56 bits per heavy atom. The topological polar surface area (TPSA) is 55.8 Å². The molecule has 2 atom stereocenters. The third kappa shape index (κ3) is 6.41. The second-order valence-electron chi connectivity index (χ2n) is 8.49. The van der Waals surface area contributed by atoms with Crippen LogP contribution in [0, 0.1) is 16.2 Å². The van der Waals surface area contributed by atoms with E-state index in [0.29, 0.717) is 5.57 Å². The highest BCUT2D eigenvalue weighted by atomic mass is 16.6. The van der Waals surface area contributed by atoms with Crippen molar-refractivity contribution in [3.8, 4) is 0 Å². The van der Waals surface area contributed by atoms with E-state index in [9.17, 15) is 9.90 Å². The third-order valence-electron chi connectivity index (χ3n) is 6.42. The van der Waals surface area contributed by atoms with Crippen molar-refractivity contribution in [2.45, 2.75) is 87.4 Å². The van der Waals surface area contributed by atoms with E-state index in [2.05, 4.69) is 55.0 Å². The summed E-state index contributed by atoms with van der Waals surface area (Å²) in [4.78, 5) is 11.4. The molecule has 0 amide bonds. The highest BCUT2D eigenvalue weighted by Crippen LogP contribution is 2.52. The number of aliphatic hydroxyl groups excluding tert-OH is 1. The number of esters is 1. The van der Waals surface area contributed by atoms with Crippen molar-refractivity contribution in [3.05, 3.63) is 12.2 Å².